The van der Waals surface area contributed by atoms with Crippen LogP contribution in [0.4, 0.5) is 0 Å². The van der Waals surface area contributed by atoms with Crippen LogP contribution in [-0.4, -0.2) is 17.5 Å². The summed E-state index contributed by atoms with van der Waals surface area (Å²) < 4.78 is 0. The van der Waals surface area contributed by atoms with Crippen molar-refractivity contribution in [2.75, 3.05) is 0 Å². The van der Waals surface area contributed by atoms with Crippen molar-refractivity contribution in [1.82, 2.24) is 5.32 Å². The van der Waals surface area contributed by atoms with E-state index >= 15 is 0 Å². The maximum Gasteiger partial charge on any atom is 0.225 e. The summed E-state index contributed by atoms with van der Waals surface area (Å²) in [4.78, 5) is 12.8. The predicted octanol–water partition coefficient (Wildman–Crippen LogP) is 3.03. The Labute approximate surface area is 133 Å². The van der Waals surface area contributed by atoms with E-state index in [2.05, 4.69) is 29.6 Å². The molecule has 120 valence electrons. The lowest BCUT2D eigenvalue weighted by Crippen LogP contribution is -2.54. The van der Waals surface area contributed by atoms with Crippen molar-refractivity contribution in [1.29, 1.82) is 0 Å². The molecule has 3 N–H and O–H groups in total. The molecule has 0 aliphatic heterocycles. The molecule has 1 aromatic carbocycles. The predicted molar refractivity (Wildman–Crippen MR) is 89.4 cm³/mol. The molecule has 2 aliphatic rings. The number of benzene rings is 1. The lowest BCUT2D eigenvalue weighted by Gasteiger charge is -2.38. The molecule has 1 amide bonds. The first kappa shape index (κ1) is 15.5. The molecule has 3 nitrogen and oxygen atoms in total. The molecule has 2 fully saturated rings. The number of nitrogens with two attached hydrogens (primary N) is 1. The van der Waals surface area contributed by atoms with Crippen LogP contribution >= 0.6 is 0 Å². The molecule has 3 heteroatoms. The van der Waals surface area contributed by atoms with Gasteiger partial charge in [0.25, 0.3) is 0 Å². The Morgan fingerprint density at radius 2 is 2.00 bits per heavy atom. The highest BCUT2D eigenvalue weighted by atomic mass is 16.2. The van der Waals surface area contributed by atoms with Gasteiger partial charge < -0.3 is 11.1 Å². The zero-order valence-corrected chi connectivity index (χ0v) is 13.6. The average Bonchev–Trinajstić information content (AvgIpc) is 3.31. The van der Waals surface area contributed by atoms with Crippen LogP contribution in [0.15, 0.2) is 30.3 Å². The second kappa shape index (κ2) is 6.41. The van der Waals surface area contributed by atoms with Crippen molar-refractivity contribution in [3.05, 3.63) is 35.9 Å². The van der Waals surface area contributed by atoms with Crippen LogP contribution in [0.1, 0.15) is 51.0 Å². The molecular weight excluding hydrogens is 272 g/mol. The van der Waals surface area contributed by atoms with Crippen LogP contribution in [0.3, 0.4) is 0 Å². The number of nitrogens with one attached hydrogen (secondary N) is 1. The number of amides is 1. The van der Waals surface area contributed by atoms with Gasteiger partial charge in [0, 0.05) is 11.6 Å². The Kier molecular flexibility index (Phi) is 4.53. The maximum atomic E-state index is 12.8. The number of carbonyl (C=O) groups excluding carboxylic acids is 1. The van der Waals surface area contributed by atoms with Crippen molar-refractivity contribution in [3.63, 3.8) is 0 Å². The monoisotopic (exact) mass is 300 g/mol. The number of carbonyl (C=O) groups is 1. The van der Waals surface area contributed by atoms with E-state index in [1.807, 2.05) is 13.0 Å². The number of hydrogen-bond donors (Lipinski definition) is 2. The van der Waals surface area contributed by atoms with E-state index in [9.17, 15) is 4.79 Å². The molecule has 0 radical (unpaired) electrons. The summed E-state index contributed by atoms with van der Waals surface area (Å²) in [6.07, 6.45) is 7.57. The van der Waals surface area contributed by atoms with E-state index < -0.39 is 0 Å². The minimum Gasteiger partial charge on any atom is -0.352 e. The van der Waals surface area contributed by atoms with Crippen LogP contribution < -0.4 is 11.1 Å². The Bertz CT molecular complexity index is 507. The highest BCUT2D eigenvalue weighted by Gasteiger charge is 2.40. The normalized spacial score (nSPS) is 29.8. The molecule has 3 atom stereocenters. The molecule has 0 saturated heterocycles. The van der Waals surface area contributed by atoms with Gasteiger partial charge in [0.2, 0.25) is 5.91 Å². The third kappa shape index (κ3) is 3.70. The first-order chi connectivity index (χ1) is 10.6. The van der Waals surface area contributed by atoms with E-state index in [1.165, 1.54) is 18.4 Å². The summed E-state index contributed by atoms with van der Waals surface area (Å²) in [5.41, 5.74) is 7.34. The summed E-state index contributed by atoms with van der Waals surface area (Å²) >= 11 is 0. The van der Waals surface area contributed by atoms with Gasteiger partial charge in [-0.3, -0.25) is 4.79 Å². The molecule has 2 saturated carbocycles. The van der Waals surface area contributed by atoms with Gasteiger partial charge in [-0.05, 0) is 50.5 Å². The highest BCUT2D eigenvalue weighted by Crippen LogP contribution is 2.36. The maximum absolute atomic E-state index is 12.8. The van der Waals surface area contributed by atoms with Gasteiger partial charge in [-0.25, -0.2) is 0 Å². The van der Waals surface area contributed by atoms with Gasteiger partial charge in [0.15, 0.2) is 0 Å². The van der Waals surface area contributed by atoms with Gasteiger partial charge in [-0.1, -0.05) is 43.2 Å². The zero-order chi connectivity index (χ0) is 15.6. The first-order valence-electron chi connectivity index (χ1n) is 8.69. The Morgan fingerprint density at radius 3 is 2.64 bits per heavy atom. The summed E-state index contributed by atoms with van der Waals surface area (Å²) in [7, 11) is 0. The van der Waals surface area contributed by atoms with Crippen LogP contribution in [0.2, 0.25) is 0 Å². The van der Waals surface area contributed by atoms with Gasteiger partial charge in [0.05, 0.1) is 5.92 Å². The fraction of sp³-hybridized carbons (Fsp3) is 0.632. The average molecular weight is 300 g/mol. The minimum atomic E-state index is -0.344. The van der Waals surface area contributed by atoms with E-state index in [1.54, 1.807) is 0 Å². The Hall–Kier alpha value is -1.35. The molecule has 3 unspecified atom stereocenters. The molecule has 0 aromatic heterocycles. The van der Waals surface area contributed by atoms with Gasteiger partial charge in [-0.2, -0.15) is 0 Å². The van der Waals surface area contributed by atoms with Crippen molar-refractivity contribution >= 4 is 5.91 Å². The minimum absolute atomic E-state index is 0.0294. The molecule has 1 aromatic rings. The Morgan fingerprint density at radius 1 is 1.27 bits per heavy atom. The molecule has 0 spiro atoms. The first-order valence-corrected chi connectivity index (χ1v) is 8.69. The van der Waals surface area contributed by atoms with Crippen LogP contribution in [-0.2, 0) is 11.2 Å². The highest BCUT2D eigenvalue weighted by molar-refractivity contribution is 5.80. The van der Waals surface area contributed by atoms with Crippen molar-refractivity contribution in [3.8, 4) is 0 Å². The molecule has 2 aliphatic carbocycles. The topological polar surface area (TPSA) is 55.1 Å². The van der Waals surface area contributed by atoms with Crippen LogP contribution in [0.25, 0.3) is 0 Å². The van der Waals surface area contributed by atoms with E-state index in [-0.39, 0.29) is 23.4 Å². The van der Waals surface area contributed by atoms with Crippen molar-refractivity contribution < 1.29 is 4.79 Å². The summed E-state index contributed by atoms with van der Waals surface area (Å²) in [5, 5.41) is 3.33. The quantitative estimate of drug-likeness (QED) is 0.878. The molecular formula is C19H28N2O. The molecule has 22 heavy (non-hydrogen) atoms. The molecule has 0 heterocycles. The molecule has 0 bridgehead atoms. The Balaban J connectivity index is 1.64. The lowest BCUT2D eigenvalue weighted by molar-refractivity contribution is -0.129. The van der Waals surface area contributed by atoms with Gasteiger partial charge in [0.1, 0.15) is 0 Å². The smallest absolute Gasteiger partial charge is 0.225 e. The third-order valence-electron chi connectivity index (χ3n) is 5.39. The lowest BCUT2D eigenvalue weighted by atomic mass is 9.74. The van der Waals surface area contributed by atoms with Gasteiger partial charge >= 0.3 is 0 Å². The zero-order valence-electron chi connectivity index (χ0n) is 13.6. The molecule has 3 rings (SSSR count). The van der Waals surface area contributed by atoms with Crippen LogP contribution in [0.5, 0.6) is 0 Å². The van der Waals surface area contributed by atoms with E-state index in [0.29, 0.717) is 5.92 Å². The summed E-state index contributed by atoms with van der Waals surface area (Å²) in [6, 6.07) is 10.7. The van der Waals surface area contributed by atoms with E-state index in [0.717, 1.165) is 32.1 Å². The fourth-order valence-corrected chi connectivity index (χ4v) is 3.77. The third-order valence-corrected chi connectivity index (χ3v) is 5.39. The SMILES string of the molecule is CC1(N)CCCCC1C(=O)NC(Cc1ccccc1)C1CC1. The van der Waals surface area contributed by atoms with Gasteiger partial charge in [-0.15, -0.1) is 0 Å². The number of rotatable bonds is 5. The fourth-order valence-electron chi connectivity index (χ4n) is 3.77. The second-order valence-electron chi connectivity index (χ2n) is 7.45. The van der Waals surface area contributed by atoms with Crippen LogP contribution in [0, 0.1) is 11.8 Å². The summed E-state index contributed by atoms with van der Waals surface area (Å²) in [5.74, 6) is 0.799. The van der Waals surface area contributed by atoms with E-state index in [4.69, 9.17) is 5.73 Å². The second-order valence-corrected chi connectivity index (χ2v) is 7.45. The number of hydrogen-bond acceptors (Lipinski definition) is 2. The van der Waals surface area contributed by atoms with Crippen molar-refractivity contribution in [2.24, 2.45) is 17.6 Å². The summed E-state index contributed by atoms with van der Waals surface area (Å²) in [6.45, 7) is 2.04. The standard InChI is InChI=1S/C19H28N2O/c1-19(20)12-6-5-9-16(19)18(22)21-17(15-10-11-15)13-14-7-3-2-4-8-14/h2-4,7-8,15-17H,5-6,9-13,20H2,1H3,(H,21,22). The largest absolute Gasteiger partial charge is 0.352 e. The van der Waals surface area contributed by atoms with Crippen molar-refractivity contribution in [2.45, 2.75) is 63.5 Å².